The van der Waals surface area contributed by atoms with E-state index in [-0.39, 0.29) is 12.7 Å². The Morgan fingerprint density at radius 1 is 1.20 bits per heavy atom. The van der Waals surface area contributed by atoms with Crippen LogP contribution in [0.5, 0.6) is 5.75 Å². The molecule has 4 rings (SSSR count). The number of fused-ring (bicyclic) bond motifs is 1. The van der Waals surface area contributed by atoms with Gasteiger partial charge in [-0.15, -0.1) is 0 Å². The van der Waals surface area contributed by atoms with E-state index in [2.05, 4.69) is 20.3 Å². The number of ether oxygens (including phenoxy) is 1. The minimum atomic E-state index is -0.353. The quantitative estimate of drug-likeness (QED) is 0.429. The molecule has 0 radical (unpaired) electrons. The Morgan fingerprint density at radius 3 is 2.77 bits per heavy atom. The Bertz CT molecular complexity index is 1180. The van der Waals surface area contributed by atoms with E-state index in [9.17, 15) is 0 Å². The molecule has 154 valence electrons. The molecule has 0 bridgehead atoms. The molecule has 7 nitrogen and oxygen atoms in total. The van der Waals surface area contributed by atoms with Gasteiger partial charge >= 0.3 is 0 Å². The predicted octanol–water partition coefficient (Wildman–Crippen LogP) is 4.76. The smallest absolute Gasteiger partial charge is 0.124 e. The van der Waals surface area contributed by atoms with Crippen LogP contribution in [0, 0.1) is 0 Å². The molecular formula is C21H19Cl2N5O2. The van der Waals surface area contributed by atoms with Crippen molar-refractivity contribution in [2.75, 3.05) is 6.61 Å². The van der Waals surface area contributed by atoms with Gasteiger partial charge in [0.1, 0.15) is 11.9 Å². The number of benzene rings is 1. The molecule has 0 amide bonds. The number of nitrogens with one attached hydrogen (secondary N) is 1. The first kappa shape index (κ1) is 20.4. The summed E-state index contributed by atoms with van der Waals surface area (Å²) in [5.74, 6) is 0.672. The fourth-order valence-corrected chi connectivity index (χ4v) is 3.82. The third kappa shape index (κ3) is 4.33. The standard InChI is InChI=1S/C21H19Cl2N5O2/c1-13(21-17(22)10-24-11-18(21)23)30-15-3-5-20-16(8-15)19(26-27-20)4-2-14-9-25-28(12-14)6-7-29/h2-5,8-13,29H,6-7H2,1H3,(H,26,27)/b4-2-/t13-/m0/s1. The summed E-state index contributed by atoms with van der Waals surface area (Å²) in [6, 6.07) is 5.70. The number of aliphatic hydroxyl groups is 1. The monoisotopic (exact) mass is 443 g/mol. The summed E-state index contributed by atoms with van der Waals surface area (Å²) in [6.07, 6.45) is 10.2. The number of hydrogen-bond donors (Lipinski definition) is 2. The first-order valence-electron chi connectivity index (χ1n) is 9.30. The number of rotatable bonds is 7. The van der Waals surface area contributed by atoms with Gasteiger partial charge in [-0.05, 0) is 37.3 Å². The number of pyridine rings is 1. The zero-order chi connectivity index (χ0) is 21.1. The average Bonchev–Trinajstić information content (AvgIpc) is 3.33. The molecule has 1 aromatic carbocycles. The third-order valence-corrected chi connectivity index (χ3v) is 5.19. The van der Waals surface area contributed by atoms with Gasteiger partial charge in [-0.25, -0.2) is 0 Å². The minimum absolute atomic E-state index is 0.0476. The minimum Gasteiger partial charge on any atom is -0.486 e. The van der Waals surface area contributed by atoms with Gasteiger partial charge in [0.2, 0.25) is 0 Å². The summed E-state index contributed by atoms with van der Waals surface area (Å²) < 4.78 is 7.77. The molecule has 0 fully saturated rings. The van der Waals surface area contributed by atoms with Crippen molar-refractivity contribution in [2.45, 2.75) is 19.6 Å². The normalized spacial score (nSPS) is 12.7. The van der Waals surface area contributed by atoms with Gasteiger partial charge in [0, 0.05) is 35.1 Å². The van der Waals surface area contributed by atoms with Crippen molar-refractivity contribution in [3.63, 3.8) is 0 Å². The molecule has 2 N–H and O–H groups in total. The first-order valence-corrected chi connectivity index (χ1v) is 10.1. The molecule has 0 spiro atoms. The van der Waals surface area contributed by atoms with E-state index in [1.165, 1.54) is 0 Å². The molecule has 0 aliphatic carbocycles. The number of hydrogen-bond acceptors (Lipinski definition) is 5. The summed E-state index contributed by atoms with van der Waals surface area (Å²) in [6.45, 7) is 2.40. The van der Waals surface area contributed by atoms with Crippen molar-refractivity contribution in [1.82, 2.24) is 25.0 Å². The molecule has 3 aromatic heterocycles. The second-order valence-electron chi connectivity index (χ2n) is 6.69. The number of H-pyrrole nitrogens is 1. The molecule has 30 heavy (non-hydrogen) atoms. The maximum absolute atomic E-state index is 9.00. The van der Waals surface area contributed by atoms with Crippen LogP contribution in [-0.4, -0.2) is 36.7 Å². The molecule has 3 heterocycles. The highest BCUT2D eigenvalue weighted by molar-refractivity contribution is 6.35. The fraction of sp³-hybridized carbons (Fsp3) is 0.190. The Balaban J connectivity index is 1.57. The maximum atomic E-state index is 9.00. The molecule has 1 atom stereocenters. The van der Waals surface area contributed by atoms with Gasteiger partial charge in [0.05, 0.1) is 40.6 Å². The van der Waals surface area contributed by atoms with Crippen LogP contribution in [0.1, 0.15) is 29.8 Å². The SMILES string of the molecule is C[C@H](Oc1ccc2[nH]nc(/C=C\c3cnn(CCO)c3)c2c1)c1c(Cl)cncc1Cl. The van der Waals surface area contributed by atoms with Crippen molar-refractivity contribution >= 4 is 46.3 Å². The molecule has 9 heteroatoms. The molecule has 0 aliphatic heterocycles. The van der Waals surface area contributed by atoms with Gasteiger partial charge in [-0.2, -0.15) is 10.2 Å². The van der Waals surface area contributed by atoms with Crippen LogP contribution in [0.25, 0.3) is 23.1 Å². The van der Waals surface area contributed by atoms with Crippen LogP contribution in [0.2, 0.25) is 10.0 Å². The van der Waals surface area contributed by atoms with E-state index in [1.54, 1.807) is 23.3 Å². The van der Waals surface area contributed by atoms with Crippen LogP contribution in [0.3, 0.4) is 0 Å². The summed E-state index contributed by atoms with van der Waals surface area (Å²) in [5.41, 5.74) is 3.28. The zero-order valence-corrected chi connectivity index (χ0v) is 17.6. The lowest BCUT2D eigenvalue weighted by Crippen LogP contribution is -2.05. The number of halogens is 2. The lowest BCUT2D eigenvalue weighted by molar-refractivity contribution is 0.227. The van der Waals surface area contributed by atoms with Crippen LogP contribution >= 0.6 is 23.2 Å². The van der Waals surface area contributed by atoms with Crippen LogP contribution < -0.4 is 4.74 Å². The van der Waals surface area contributed by atoms with Gasteiger partial charge in [-0.1, -0.05) is 23.2 Å². The Morgan fingerprint density at radius 2 is 2.00 bits per heavy atom. The molecule has 0 aliphatic rings. The highest BCUT2D eigenvalue weighted by atomic mass is 35.5. The van der Waals surface area contributed by atoms with Crippen LogP contribution in [0.15, 0.2) is 43.0 Å². The molecule has 0 saturated carbocycles. The second kappa shape index (κ2) is 8.87. The van der Waals surface area contributed by atoms with E-state index >= 15 is 0 Å². The summed E-state index contributed by atoms with van der Waals surface area (Å²) in [5, 5.41) is 22.4. The van der Waals surface area contributed by atoms with Crippen molar-refractivity contribution < 1.29 is 9.84 Å². The molecular weight excluding hydrogens is 425 g/mol. The Hall–Kier alpha value is -2.87. The van der Waals surface area contributed by atoms with E-state index in [0.717, 1.165) is 22.2 Å². The predicted molar refractivity (Wildman–Crippen MR) is 118 cm³/mol. The Kier molecular flexibility index (Phi) is 6.03. The number of aromatic nitrogens is 5. The number of aromatic amines is 1. The summed E-state index contributed by atoms with van der Waals surface area (Å²) >= 11 is 12.5. The van der Waals surface area contributed by atoms with E-state index in [1.807, 2.05) is 43.5 Å². The van der Waals surface area contributed by atoms with Crippen molar-refractivity contribution in [2.24, 2.45) is 0 Å². The van der Waals surface area contributed by atoms with Crippen LogP contribution in [-0.2, 0) is 6.54 Å². The number of aliphatic hydroxyl groups excluding tert-OH is 1. The van der Waals surface area contributed by atoms with Gasteiger partial charge < -0.3 is 9.84 Å². The zero-order valence-electron chi connectivity index (χ0n) is 16.1. The fourth-order valence-electron chi connectivity index (χ4n) is 3.15. The number of nitrogens with zero attached hydrogens (tertiary/aromatic N) is 4. The third-order valence-electron chi connectivity index (χ3n) is 4.59. The average molecular weight is 444 g/mol. The topological polar surface area (TPSA) is 88.8 Å². The van der Waals surface area contributed by atoms with Gasteiger partial charge in [-0.3, -0.25) is 14.8 Å². The largest absolute Gasteiger partial charge is 0.486 e. The second-order valence-corrected chi connectivity index (χ2v) is 7.50. The van der Waals surface area contributed by atoms with Gasteiger partial charge in [0.25, 0.3) is 0 Å². The first-order chi connectivity index (χ1) is 14.5. The molecule has 4 aromatic rings. The highest BCUT2D eigenvalue weighted by Gasteiger charge is 2.16. The Labute approximate surface area is 182 Å². The molecule has 0 unspecified atom stereocenters. The van der Waals surface area contributed by atoms with E-state index in [4.69, 9.17) is 33.0 Å². The maximum Gasteiger partial charge on any atom is 0.124 e. The summed E-state index contributed by atoms with van der Waals surface area (Å²) in [7, 11) is 0. The lowest BCUT2D eigenvalue weighted by atomic mass is 10.1. The molecule has 0 saturated heterocycles. The van der Waals surface area contributed by atoms with Crippen molar-refractivity contribution in [1.29, 1.82) is 0 Å². The van der Waals surface area contributed by atoms with Crippen molar-refractivity contribution in [3.8, 4) is 5.75 Å². The van der Waals surface area contributed by atoms with E-state index in [0.29, 0.717) is 27.9 Å². The highest BCUT2D eigenvalue weighted by Crippen LogP contribution is 2.33. The van der Waals surface area contributed by atoms with Crippen molar-refractivity contribution in [3.05, 3.63) is 69.9 Å². The lowest BCUT2D eigenvalue weighted by Gasteiger charge is -2.17. The van der Waals surface area contributed by atoms with E-state index < -0.39 is 0 Å². The summed E-state index contributed by atoms with van der Waals surface area (Å²) in [4.78, 5) is 3.98. The van der Waals surface area contributed by atoms with Gasteiger partial charge in [0.15, 0.2) is 0 Å². The van der Waals surface area contributed by atoms with Crippen LogP contribution in [0.4, 0.5) is 0 Å².